The van der Waals surface area contributed by atoms with Crippen LogP contribution in [0.1, 0.15) is 32.8 Å². The van der Waals surface area contributed by atoms with Crippen LogP contribution in [0.4, 0.5) is 30.6 Å². The number of likely N-dealkylation sites (tertiary alicyclic amines) is 1. The van der Waals surface area contributed by atoms with Crippen LogP contribution in [0.2, 0.25) is 0 Å². The van der Waals surface area contributed by atoms with Crippen LogP contribution in [-0.4, -0.2) is 41.6 Å². The minimum absolute atomic E-state index is 0.0958. The van der Waals surface area contributed by atoms with Gasteiger partial charge in [-0.05, 0) is 63.6 Å². The molecule has 2 heterocycles. The molecular formula is C24H26F2N4O3. The summed E-state index contributed by atoms with van der Waals surface area (Å²) in [5, 5.41) is 8.70. The molecule has 0 aromatic heterocycles. The lowest BCUT2D eigenvalue weighted by atomic mass is 10.1. The van der Waals surface area contributed by atoms with Gasteiger partial charge < -0.3 is 25.6 Å². The Morgan fingerprint density at radius 2 is 2.00 bits per heavy atom. The van der Waals surface area contributed by atoms with Crippen LogP contribution in [0.3, 0.4) is 0 Å². The van der Waals surface area contributed by atoms with Crippen molar-refractivity contribution >= 4 is 34.6 Å². The fraction of sp³-hybridized carbons (Fsp3) is 0.333. The van der Waals surface area contributed by atoms with Crippen molar-refractivity contribution in [1.82, 2.24) is 4.90 Å². The normalized spacial score (nSPS) is 18.8. The zero-order chi connectivity index (χ0) is 23.8. The van der Waals surface area contributed by atoms with Crippen LogP contribution >= 0.6 is 0 Å². The third kappa shape index (κ3) is 5.24. The average molecular weight is 456 g/mol. The molecule has 2 aliphatic rings. The summed E-state index contributed by atoms with van der Waals surface area (Å²) in [6.45, 7) is 6.40. The highest BCUT2D eigenvalue weighted by Crippen LogP contribution is 2.32. The molecule has 2 aromatic rings. The van der Waals surface area contributed by atoms with Crippen molar-refractivity contribution in [1.29, 1.82) is 0 Å². The number of anilines is 3. The predicted molar refractivity (Wildman–Crippen MR) is 123 cm³/mol. The molecule has 1 atom stereocenters. The van der Waals surface area contributed by atoms with Gasteiger partial charge in [0, 0.05) is 42.3 Å². The third-order valence-corrected chi connectivity index (χ3v) is 5.32. The zero-order valence-electron chi connectivity index (χ0n) is 18.7. The maximum atomic E-state index is 14.7. The summed E-state index contributed by atoms with van der Waals surface area (Å²) in [5.41, 5.74) is 1.42. The van der Waals surface area contributed by atoms with E-state index in [4.69, 9.17) is 4.74 Å². The molecule has 0 radical (unpaired) electrons. The quantitative estimate of drug-likeness (QED) is 0.577. The molecule has 4 rings (SSSR count). The maximum absolute atomic E-state index is 14.7. The molecule has 0 saturated carbocycles. The van der Waals surface area contributed by atoms with Crippen molar-refractivity contribution in [2.24, 2.45) is 0 Å². The summed E-state index contributed by atoms with van der Waals surface area (Å²) in [6.07, 6.45) is 1.73. The van der Waals surface area contributed by atoms with E-state index in [2.05, 4.69) is 16.0 Å². The fourth-order valence-corrected chi connectivity index (χ4v) is 3.77. The topological polar surface area (TPSA) is 82.7 Å². The number of amides is 2. The second-order valence-electron chi connectivity index (χ2n) is 9.10. The van der Waals surface area contributed by atoms with E-state index in [0.717, 1.165) is 0 Å². The summed E-state index contributed by atoms with van der Waals surface area (Å²) in [7, 11) is 0. The Balaban J connectivity index is 1.39. The Labute approximate surface area is 190 Å². The summed E-state index contributed by atoms with van der Waals surface area (Å²) >= 11 is 0. The van der Waals surface area contributed by atoms with Gasteiger partial charge in [-0.1, -0.05) is 0 Å². The number of rotatable bonds is 4. The lowest BCUT2D eigenvalue weighted by Crippen LogP contribution is -2.36. The third-order valence-electron chi connectivity index (χ3n) is 5.32. The van der Waals surface area contributed by atoms with Crippen molar-refractivity contribution in [2.75, 3.05) is 29.0 Å². The molecule has 7 nitrogen and oxygen atoms in total. The van der Waals surface area contributed by atoms with Crippen LogP contribution in [-0.2, 0) is 9.53 Å². The Morgan fingerprint density at radius 1 is 1.21 bits per heavy atom. The number of benzene rings is 2. The first-order chi connectivity index (χ1) is 15.6. The minimum atomic E-state index is -0.567. The van der Waals surface area contributed by atoms with Crippen molar-refractivity contribution < 1.29 is 23.1 Å². The van der Waals surface area contributed by atoms with E-state index in [1.54, 1.807) is 17.0 Å². The van der Waals surface area contributed by atoms with Gasteiger partial charge >= 0.3 is 6.09 Å². The number of halogens is 2. The van der Waals surface area contributed by atoms with Gasteiger partial charge in [-0.15, -0.1) is 0 Å². The second kappa shape index (κ2) is 8.73. The van der Waals surface area contributed by atoms with E-state index in [-0.39, 0.29) is 23.6 Å². The van der Waals surface area contributed by atoms with Crippen molar-refractivity contribution in [2.45, 2.75) is 38.8 Å². The number of ether oxygens (including phenoxy) is 1. The summed E-state index contributed by atoms with van der Waals surface area (Å²) < 4.78 is 33.6. The summed E-state index contributed by atoms with van der Waals surface area (Å²) in [5.74, 6) is -1.29. The molecule has 0 aliphatic carbocycles. The van der Waals surface area contributed by atoms with Gasteiger partial charge in [-0.25, -0.2) is 13.6 Å². The number of hydrogen-bond acceptors (Lipinski definition) is 5. The Hall–Kier alpha value is -3.62. The fourth-order valence-electron chi connectivity index (χ4n) is 3.77. The SMILES string of the molecule is CC(C)(C)OC(=O)N1CCC(Nc2ccc(N/C=C3\C(=O)Nc4ccc(F)cc43)cc2F)C1. The average Bonchev–Trinajstić information content (AvgIpc) is 3.31. The first-order valence-corrected chi connectivity index (χ1v) is 10.7. The van der Waals surface area contributed by atoms with Crippen molar-refractivity contribution in [3.8, 4) is 0 Å². The smallest absolute Gasteiger partial charge is 0.410 e. The molecule has 9 heteroatoms. The Morgan fingerprint density at radius 3 is 2.73 bits per heavy atom. The lowest BCUT2D eigenvalue weighted by Gasteiger charge is -2.24. The second-order valence-corrected chi connectivity index (χ2v) is 9.10. The predicted octanol–water partition coefficient (Wildman–Crippen LogP) is 4.79. The molecule has 0 spiro atoms. The van der Waals surface area contributed by atoms with E-state index >= 15 is 0 Å². The summed E-state index contributed by atoms with van der Waals surface area (Å²) in [6, 6.07) is 8.51. The molecule has 3 N–H and O–H groups in total. The molecule has 0 bridgehead atoms. The number of carbonyl (C=O) groups excluding carboxylic acids is 2. The van der Waals surface area contributed by atoms with Gasteiger partial charge in [-0.3, -0.25) is 4.79 Å². The maximum Gasteiger partial charge on any atom is 0.410 e. The summed E-state index contributed by atoms with van der Waals surface area (Å²) in [4.78, 5) is 26.0. The largest absolute Gasteiger partial charge is 0.444 e. The zero-order valence-corrected chi connectivity index (χ0v) is 18.7. The highest BCUT2D eigenvalue weighted by molar-refractivity contribution is 6.31. The molecule has 2 aliphatic heterocycles. The van der Waals surface area contributed by atoms with E-state index in [1.165, 1.54) is 30.5 Å². The van der Waals surface area contributed by atoms with Gasteiger partial charge in [0.05, 0.1) is 11.3 Å². The first-order valence-electron chi connectivity index (χ1n) is 10.7. The Bertz CT molecular complexity index is 1130. The first kappa shape index (κ1) is 22.6. The van der Waals surface area contributed by atoms with Crippen LogP contribution < -0.4 is 16.0 Å². The van der Waals surface area contributed by atoms with Gasteiger partial charge in [0.15, 0.2) is 0 Å². The van der Waals surface area contributed by atoms with E-state index in [0.29, 0.717) is 42.1 Å². The van der Waals surface area contributed by atoms with Gasteiger partial charge in [0.1, 0.15) is 17.2 Å². The molecule has 2 amide bonds. The van der Waals surface area contributed by atoms with Crippen LogP contribution in [0, 0.1) is 11.6 Å². The monoisotopic (exact) mass is 456 g/mol. The number of nitrogens with zero attached hydrogens (tertiary/aromatic N) is 1. The number of carbonyl (C=O) groups is 2. The van der Waals surface area contributed by atoms with Crippen molar-refractivity contribution in [3.63, 3.8) is 0 Å². The Kier molecular flexibility index (Phi) is 5.97. The number of fused-ring (bicyclic) bond motifs is 1. The molecule has 1 fully saturated rings. The molecular weight excluding hydrogens is 430 g/mol. The molecule has 1 unspecified atom stereocenters. The highest BCUT2D eigenvalue weighted by Gasteiger charge is 2.30. The minimum Gasteiger partial charge on any atom is -0.444 e. The van der Waals surface area contributed by atoms with Gasteiger partial charge in [0.2, 0.25) is 0 Å². The molecule has 33 heavy (non-hydrogen) atoms. The van der Waals surface area contributed by atoms with Crippen molar-refractivity contribution in [3.05, 3.63) is 59.8 Å². The molecule has 1 saturated heterocycles. The van der Waals surface area contributed by atoms with E-state index < -0.39 is 17.2 Å². The van der Waals surface area contributed by atoms with Crippen LogP contribution in [0.5, 0.6) is 0 Å². The van der Waals surface area contributed by atoms with Gasteiger partial charge in [-0.2, -0.15) is 0 Å². The highest BCUT2D eigenvalue weighted by atomic mass is 19.1. The standard InChI is InChI=1S/C24H26F2N4O3/c1-24(2,3)33-23(32)30-9-8-16(13-30)28-21-7-5-15(11-19(21)26)27-12-18-17-10-14(25)4-6-20(17)29-22(18)31/h4-7,10-12,16,27-28H,8-9,13H2,1-3H3,(H,29,31)/b18-12-. The van der Waals surface area contributed by atoms with Crippen LogP contribution in [0.25, 0.3) is 5.57 Å². The van der Waals surface area contributed by atoms with E-state index in [9.17, 15) is 18.4 Å². The van der Waals surface area contributed by atoms with Gasteiger partial charge in [0.25, 0.3) is 5.91 Å². The number of nitrogens with one attached hydrogen (secondary N) is 3. The van der Waals surface area contributed by atoms with Crippen LogP contribution in [0.15, 0.2) is 42.6 Å². The number of hydrogen-bond donors (Lipinski definition) is 3. The molecule has 2 aromatic carbocycles. The molecule has 174 valence electrons. The van der Waals surface area contributed by atoms with E-state index in [1.807, 2.05) is 20.8 Å². The lowest BCUT2D eigenvalue weighted by molar-refractivity contribution is -0.110.